The van der Waals surface area contributed by atoms with Gasteiger partial charge < -0.3 is 10.6 Å². The highest BCUT2D eigenvalue weighted by Gasteiger charge is 1.99. The van der Waals surface area contributed by atoms with Crippen molar-refractivity contribution in [3.05, 3.63) is 35.6 Å². The molecule has 1 rings (SSSR count). The van der Waals surface area contributed by atoms with E-state index in [1.165, 1.54) is 12.1 Å². The summed E-state index contributed by atoms with van der Waals surface area (Å²) >= 11 is 0. The number of nitrogens with one attached hydrogen (secondary N) is 2. The van der Waals surface area contributed by atoms with Gasteiger partial charge >= 0.3 is 0 Å². The zero-order chi connectivity index (χ0) is 13.4. The minimum atomic E-state index is -0.220. The van der Waals surface area contributed by atoms with Crippen molar-refractivity contribution in [2.45, 2.75) is 27.3 Å². The van der Waals surface area contributed by atoms with E-state index in [4.69, 9.17) is 0 Å². The lowest BCUT2D eigenvalue weighted by Gasteiger charge is -2.12. The van der Waals surface area contributed by atoms with Gasteiger partial charge in [-0.3, -0.25) is 0 Å². The van der Waals surface area contributed by atoms with E-state index in [-0.39, 0.29) is 29.8 Å². The van der Waals surface area contributed by atoms with Crippen molar-refractivity contribution in [2.24, 2.45) is 10.9 Å². The molecule has 0 aliphatic heterocycles. The second kappa shape index (κ2) is 10.00. The van der Waals surface area contributed by atoms with Crippen molar-refractivity contribution in [2.75, 3.05) is 13.1 Å². The summed E-state index contributed by atoms with van der Waals surface area (Å²) in [5, 5.41) is 6.42. The van der Waals surface area contributed by atoms with E-state index in [1.807, 2.05) is 13.0 Å². The second-order valence-corrected chi connectivity index (χ2v) is 4.60. The van der Waals surface area contributed by atoms with Crippen molar-refractivity contribution < 1.29 is 4.39 Å². The molecule has 5 heteroatoms. The molecule has 0 radical (unpaired) electrons. The van der Waals surface area contributed by atoms with E-state index < -0.39 is 0 Å². The van der Waals surface area contributed by atoms with Crippen LogP contribution < -0.4 is 10.6 Å². The number of hydrogen-bond donors (Lipinski definition) is 2. The van der Waals surface area contributed by atoms with Crippen LogP contribution in [-0.2, 0) is 6.54 Å². The Morgan fingerprint density at radius 1 is 1.32 bits per heavy atom. The van der Waals surface area contributed by atoms with Gasteiger partial charge in [-0.25, -0.2) is 9.38 Å². The average Bonchev–Trinajstić information content (AvgIpc) is 2.32. The molecule has 1 aromatic carbocycles. The molecule has 0 saturated heterocycles. The van der Waals surface area contributed by atoms with Crippen LogP contribution in [0.4, 0.5) is 4.39 Å². The first-order valence-electron chi connectivity index (χ1n) is 6.38. The zero-order valence-corrected chi connectivity index (χ0v) is 14.1. The zero-order valence-electron chi connectivity index (χ0n) is 11.7. The van der Waals surface area contributed by atoms with Crippen LogP contribution in [0.5, 0.6) is 0 Å². The van der Waals surface area contributed by atoms with Gasteiger partial charge in [0.15, 0.2) is 5.96 Å². The molecule has 0 atom stereocenters. The predicted molar refractivity (Wildman–Crippen MR) is 89.5 cm³/mol. The van der Waals surface area contributed by atoms with E-state index in [2.05, 4.69) is 29.5 Å². The molecule has 108 valence electrons. The molecule has 0 heterocycles. The third kappa shape index (κ3) is 8.02. The van der Waals surface area contributed by atoms with Gasteiger partial charge in [0.1, 0.15) is 5.82 Å². The molecule has 0 spiro atoms. The lowest BCUT2D eigenvalue weighted by molar-refractivity contribution is 0.614. The molecular formula is C14H23FIN3. The molecular weight excluding hydrogens is 356 g/mol. The third-order valence-corrected chi connectivity index (χ3v) is 2.33. The molecule has 0 fully saturated rings. The van der Waals surface area contributed by atoms with E-state index >= 15 is 0 Å². The molecule has 3 nitrogen and oxygen atoms in total. The van der Waals surface area contributed by atoms with Crippen molar-refractivity contribution in [3.63, 3.8) is 0 Å². The lowest BCUT2D eigenvalue weighted by Crippen LogP contribution is -2.39. The number of hydrogen-bond acceptors (Lipinski definition) is 1. The summed E-state index contributed by atoms with van der Waals surface area (Å²) in [5.74, 6) is 1.11. The summed E-state index contributed by atoms with van der Waals surface area (Å²) < 4.78 is 13.0. The predicted octanol–water partition coefficient (Wildman–Crippen LogP) is 3.15. The van der Waals surface area contributed by atoms with Gasteiger partial charge in [0.05, 0.1) is 6.54 Å². The number of benzene rings is 1. The van der Waals surface area contributed by atoms with Gasteiger partial charge in [-0.2, -0.15) is 0 Å². The van der Waals surface area contributed by atoms with Gasteiger partial charge in [-0.15, -0.1) is 24.0 Å². The Hall–Kier alpha value is -0.850. The average molecular weight is 379 g/mol. The molecule has 0 aliphatic carbocycles. The van der Waals surface area contributed by atoms with Crippen LogP contribution in [0.25, 0.3) is 0 Å². The second-order valence-electron chi connectivity index (χ2n) is 4.60. The molecule has 0 aromatic heterocycles. The van der Waals surface area contributed by atoms with Gasteiger partial charge in [0, 0.05) is 13.1 Å². The Morgan fingerprint density at radius 2 is 2.05 bits per heavy atom. The van der Waals surface area contributed by atoms with Crippen molar-refractivity contribution in [1.82, 2.24) is 10.6 Å². The Kier molecular flexibility index (Phi) is 9.55. The normalized spacial score (nSPS) is 11.1. The number of aliphatic imine (C=N–C) groups is 1. The van der Waals surface area contributed by atoms with Crippen LogP contribution in [0.3, 0.4) is 0 Å². The fourth-order valence-corrected chi connectivity index (χ4v) is 1.45. The third-order valence-electron chi connectivity index (χ3n) is 2.33. The van der Waals surface area contributed by atoms with E-state index in [0.717, 1.165) is 24.6 Å². The van der Waals surface area contributed by atoms with Crippen LogP contribution in [0.15, 0.2) is 29.3 Å². The maximum Gasteiger partial charge on any atom is 0.191 e. The van der Waals surface area contributed by atoms with Gasteiger partial charge in [-0.1, -0.05) is 26.0 Å². The highest BCUT2D eigenvalue weighted by atomic mass is 127. The van der Waals surface area contributed by atoms with Crippen LogP contribution in [0.1, 0.15) is 26.3 Å². The monoisotopic (exact) mass is 379 g/mol. The first-order chi connectivity index (χ1) is 8.61. The molecule has 2 N–H and O–H groups in total. The largest absolute Gasteiger partial charge is 0.357 e. The fraction of sp³-hybridized carbons (Fsp3) is 0.500. The number of nitrogens with zero attached hydrogens (tertiary/aromatic N) is 1. The van der Waals surface area contributed by atoms with E-state index in [1.54, 1.807) is 6.07 Å². The van der Waals surface area contributed by atoms with Crippen LogP contribution in [-0.4, -0.2) is 19.0 Å². The summed E-state index contributed by atoms with van der Waals surface area (Å²) in [6.07, 6.45) is 0. The first kappa shape index (κ1) is 18.1. The minimum Gasteiger partial charge on any atom is -0.357 e. The Bertz CT molecular complexity index is 394. The van der Waals surface area contributed by atoms with Crippen LogP contribution >= 0.6 is 24.0 Å². The minimum absolute atomic E-state index is 0. The van der Waals surface area contributed by atoms with Crippen molar-refractivity contribution in [3.8, 4) is 0 Å². The summed E-state index contributed by atoms with van der Waals surface area (Å²) in [6, 6.07) is 6.53. The Labute approximate surface area is 132 Å². The molecule has 1 aromatic rings. The van der Waals surface area contributed by atoms with Gasteiger partial charge in [0.2, 0.25) is 0 Å². The molecule has 0 amide bonds. The standard InChI is InChI=1S/C14H22FN3.HI/c1-4-16-14(17-9-11(2)3)18-10-12-6-5-7-13(15)8-12;/h5-8,11H,4,9-10H2,1-3H3,(H2,16,17,18);1H. The SMILES string of the molecule is CCNC(=NCc1cccc(F)c1)NCC(C)C.I. The molecule has 0 bridgehead atoms. The quantitative estimate of drug-likeness (QED) is 0.469. The smallest absolute Gasteiger partial charge is 0.191 e. The highest BCUT2D eigenvalue weighted by Crippen LogP contribution is 2.04. The highest BCUT2D eigenvalue weighted by molar-refractivity contribution is 14.0. The summed E-state index contributed by atoms with van der Waals surface area (Å²) in [7, 11) is 0. The number of guanidine groups is 1. The summed E-state index contributed by atoms with van der Waals surface area (Å²) in [6.45, 7) is 8.47. The Balaban J connectivity index is 0.00000324. The molecule has 0 aliphatic rings. The van der Waals surface area contributed by atoms with Crippen LogP contribution in [0, 0.1) is 11.7 Å². The number of rotatable bonds is 5. The topological polar surface area (TPSA) is 36.4 Å². The molecule has 0 unspecified atom stereocenters. The van der Waals surface area contributed by atoms with E-state index in [0.29, 0.717) is 12.5 Å². The maximum absolute atomic E-state index is 13.0. The Morgan fingerprint density at radius 3 is 2.63 bits per heavy atom. The maximum atomic E-state index is 13.0. The number of halogens is 2. The van der Waals surface area contributed by atoms with Crippen molar-refractivity contribution in [1.29, 1.82) is 0 Å². The molecule has 0 saturated carbocycles. The van der Waals surface area contributed by atoms with Gasteiger partial charge in [0.25, 0.3) is 0 Å². The first-order valence-corrected chi connectivity index (χ1v) is 6.38. The summed E-state index contributed by atoms with van der Waals surface area (Å²) in [5.41, 5.74) is 0.872. The van der Waals surface area contributed by atoms with Crippen molar-refractivity contribution >= 4 is 29.9 Å². The molecule has 19 heavy (non-hydrogen) atoms. The lowest BCUT2D eigenvalue weighted by atomic mass is 10.2. The fourth-order valence-electron chi connectivity index (χ4n) is 1.45. The summed E-state index contributed by atoms with van der Waals surface area (Å²) in [4.78, 5) is 4.42. The van der Waals surface area contributed by atoms with Crippen LogP contribution in [0.2, 0.25) is 0 Å². The van der Waals surface area contributed by atoms with Gasteiger partial charge in [-0.05, 0) is 30.5 Å². The van der Waals surface area contributed by atoms with E-state index in [9.17, 15) is 4.39 Å².